The fraction of sp³-hybridized carbons (Fsp3) is 0.455. The van der Waals surface area contributed by atoms with Crippen molar-refractivity contribution in [1.82, 2.24) is 0 Å². The first-order valence-corrected chi connectivity index (χ1v) is 13.1. The van der Waals surface area contributed by atoms with E-state index in [-0.39, 0.29) is 12.5 Å². The maximum atomic E-state index is 12.8. The Balaban J connectivity index is 1.72. The molecule has 2 aromatic rings. The summed E-state index contributed by atoms with van der Waals surface area (Å²) in [5.41, 5.74) is 1.93. The van der Waals surface area contributed by atoms with Crippen LogP contribution in [0.15, 0.2) is 24.3 Å². The van der Waals surface area contributed by atoms with Gasteiger partial charge in [0, 0.05) is 11.9 Å². The van der Waals surface area contributed by atoms with Crippen LogP contribution in [0.25, 0.3) is 0 Å². The highest BCUT2D eigenvalue weighted by Gasteiger charge is 2.28. The zero-order valence-electron chi connectivity index (χ0n) is 18.6. The first-order chi connectivity index (χ1) is 15.1. The van der Waals surface area contributed by atoms with E-state index in [1.54, 1.807) is 38.1 Å². The normalized spacial score (nSPS) is 14.2. The number of fused-ring (bicyclic) bond motifs is 1. The summed E-state index contributed by atoms with van der Waals surface area (Å²) < 4.78 is 35.4. The number of ether oxygens (including phenoxy) is 2. The molecule has 8 nitrogen and oxygen atoms in total. The molecular formula is C22H28N2O6S2. The van der Waals surface area contributed by atoms with Crippen molar-refractivity contribution in [2.75, 3.05) is 29.5 Å². The van der Waals surface area contributed by atoms with E-state index >= 15 is 0 Å². The third-order valence-electron chi connectivity index (χ3n) is 5.27. The number of hydrogen-bond acceptors (Lipinski definition) is 7. The van der Waals surface area contributed by atoms with Crippen LogP contribution in [0.2, 0.25) is 0 Å². The van der Waals surface area contributed by atoms with Crippen LogP contribution in [0.3, 0.4) is 0 Å². The van der Waals surface area contributed by atoms with Crippen LogP contribution < -0.4 is 14.4 Å². The van der Waals surface area contributed by atoms with E-state index in [0.29, 0.717) is 22.0 Å². The van der Waals surface area contributed by atoms with E-state index in [0.717, 1.165) is 46.7 Å². The highest BCUT2D eigenvalue weighted by Crippen LogP contribution is 2.38. The van der Waals surface area contributed by atoms with Gasteiger partial charge in [-0.25, -0.2) is 13.2 Å². The van der Waals surface area contributed by atoms with E-state index in [1.807, 2.05) is 0 Å². The largest absolute Gasteiger partial charge is 0.481 e. The summed E-state index contributed by atoms with van der Waals surface area (Å²) >= 11 is 1.42. The number of rotatable bonds is 8. The summed E-state index contributed by atoms with van der Waals surface area (Å²) in [6, 6.07) is 6.42. The van der Waals surface area contributed by atoms with E-state index in [1.165, 1.54) is 18.4 Å². The number of amides is 1. The maximum absolute atomic E-state index is 12.8. The molecule has 1 heterocycles. The number of nitrogens with one attached hydrogen (secondary N) is 1. The highest BCUT2D eigenvalue weighted by molar-refractivity contribution is 7.92. The van der Waals surface area contributed by atoms with Crippen LogP contribution in [-0.2, 0) is 32.4 Å². The number of nitrogens with zero attached hydrogens (tertiary/aromatic N) is 1. The van der Waals surface area contributed by atoms with E-state index < -0.39 is 22.1 Å². The van der Waals surface area contributed by atoms with Gasteiger partial charge in [-0.1, -0.05) is 0 Å². The van der Waals surface area contributed by atoms with Crippen molar-refractivity contribution in [3.63, 3.8) is 0 Å². The average Bonchev–Trinajstić information content (AvgIpc) is 3.11. The number of carbonyl (C=O) groups is 2. The van der Waals surface area contributed by atoms with Crippen molar-refractivity contribution < 1.29 is 27.5 Å². The van der Waals surface area contributed by atoms with E-state index in [2.05, 4.69) is 5.32 Å². The van der Waals surface area contributed by atoms with Crippen molar-refractivity contribution in [3.8, 4) is 5.75 Å². The lowest BCUT2D eigenvalue weighted by molar-refractivity contribution is -0.122. The summed E-state index contributed by atoms with van der Waals surface area (Å²) in [5, 5.41) is 3.34. The number of hydrogen-bond donors (Lipinski definition) is 1. The van der Waals surface area contributed by atoms with Gasteiger partial charge in [0.05, 0.1) is 24.1 Å². The monoisotopic (exact) mass is 480 g/mol. The minimum Gasteiger partial charge on any atom is -0.481 e. The predicted octanol–water partition coefficient (Wildman–Crippen LogP) is 3.61. The number of sulfonamides is 1. The van der Waals surface area contributed by atoms with Gasteiger partial charge in [0.15, 0.2) is 6.10 Å². The fourth-order valence-electron chi connectivity index (χ4n) is 3.47. The first kappa shape index (κ1) is 24.1. The molecule has 0 bridgehead atoms. The predicted molar refractivity (Wildman–Crippen MR) is 125 cm³/mol. The van der Waals surface area contributed by atoms with Crippen LogP contribution >= 0.6 is 11.3 Å². The molecule has 0 saturated heterocycles. The molecule has 0 aliphatic heterocycles. The van der Waals surface area contributed by atoms with Crippen LogP contribution in [-0.4, -0.2) is 46.3 Å². The van der Waals surface area contributed by atoms with Gasteiger partial charge in [-0.05, 0) is 69.4 Å². The van der Waals surface area contributed by atoms with Crippen LogP contribution in [0.4, 0.5) is 10.7 Å². The number of thiophene rings is 1. The van der Waals surface area contributed by atoms with Gasteiger partial charge in [0.1, 0.15) is 10.8 Å². The highest BCUT2D eigenvalue weighted by atomic mass is 32.2. The number of benzene rings is 1. The minimum atomic E-state index is -3.37. The van der Waals surface area contributed by atoms with Gasteiger partial charge in [-0.15, -0.1) is 11.3 Å². The quantitative estimate of drug-likeness (QED) is 0.579. The van der Waals surface area contributed by atoms with E-state index in [4.69, 9.17) is 9.47 Å². The molecule has 1 aliphatic rings. The number of esters is 1. The lowest BCUT2D eigenvalue weighted by Crippen LogP contribution is -2.30. The van der Waals surface area contributed by atoms with Gasteiger partial charge < -0.3 is 14.8 Å². The summed E-state index contributed by atoms with van der Waals surface area (Å²) in [4.78, 5) is 26.5. The molecule has 1 aromatic carbocycles. The molecule has 3 rings (SSSR count). The second-order valence-electron chi connectivity index (χ2n) is 7.61. The standard InChI is InChI=1S/C22H28N2O6S2/c1-5-29-22(26)19-17-8-6-7-9-18(17)31-21(19)23-20(25)14(2)30-16-12-10-15(11-13-16)24(3)32(4,27)28/h10-14H,5-9H2,1-4H3,(H,23,25). The Kier molecular flexibility index (Phi) is 7.45. The molecule has 0 saturated carbocycles. The molecule has 0 fully saturated rings. The van der Waals surface area contributed by atoms with Gasteiger partial charge in [0.25, 0.3) is 5.91 Å². The molecule has 1 amide bonds. The Morgan fingerprint density at radius 3 is 2.47 bits per heavy atom. The fourth-order valence-corrected chi connectivity index (χ4v) is 5.26. The Morgan fingerprint density at radius 1 is 1.19 bits per heavy atom. The molecular weight excluding hydrogens is 452 g/mol. The number of carbonyl (C=O) groups excluding carboxylic acids is 2. The Hall–Kier alpha value is -2.59. The van der Waals surface area contributed by atoms with Crippen molar-refractivity contribution in [2.24, 2.45) is 0 Å². The third kappa shape index (κ3) is 5.42. The summed E-state index contributed by atoms with van der Waals surface area (Å²) in [6.07, 6.45) is 4.05. The zero-order chi connectivity index (χ0) is 23.5. The van der Waals surface area contributed by atoms with Crippen molar-refractivity contribution in [2.45, 2.75) is 45.6 Å². The first-order valence-electron chi connectivity index (χ1n) is 10.4. The lowest BCUT2D eigenvalue weighted by Gasteiger charge is -2.18. The Bertz CT molecular complexity index is 1090. The topological polar surface area (TPSA) is 102 Å². The SMILES string of the molecule is CCOC(=O)c1c(NC(=O)C(C)Oc2ccc(N(C)S(C)(=O)=O)cc2)sc2c1CCCC2. The summed E-state index contributed by atoms with van der Waals surface area (Å²) in [5.74, 6) is -0.373. The second kappa shape index (κ2) is 9.91. The van der Waals surface area contributed by atoms with Crippen molar-refractivity contribution in [1.29, 1.82) is 0 Å². The molecule has 1 aliphatic carbocycles. The molecule has 10 heteroatoms. The van der Waals surface area contributed by atoms with Gasteiger partial charge in [0.2, 0.25) is 10.0 Å². The summed E-state index contributed by atoms with van der Waals surface area (Å²) in [7, 11) is -1.90. The summed E-state index contributed by atoms with van der Waals surface area (Å²) in [6.45, 7) is 3.63. The van der Waals surface area contributed by atoms with Crippen LogP contribution in [0.1, 0.15) is 47.5 Å². The molecule has 0 radical (unpaired) electrons. The minimum absolute atomic E-state index is 0.265. The van der Waals surface area contributed by atoms with Crippen LogP contribution in [0, 0.1) is 0 Å². The number of aryl methyl sites for hydroxylation is 1. The lowest BCUT2D eigenvalue weighted by atomic mass is 9.95. The van der Waals surface area contributed by atoms with Gasteiger partial charge >= 0.3 is 5.97 Å². The molecule has 0 spiro atoms. The molecule has 1 atom stereocenters. The second-order valence-corrected chi connectivity index (χ2v) is 10.7. The smallest absolute Gasteiger partial charge is 0.341 e. The van der Waals surface area contributed by atoms with Crippen molar-refractivity contribution in [3.05, 3.63) is 40.3 Å². The number of anilines is 2. The average molecular weight is 481 g/mol. The molecule has 1 aromatic heterocycles. The Labute approximate surface area is 192 Å². The van der Waals surface area contributed by atoms with Crippen molar-refractivity contribution >= 4 is 43.9 Å². The third-order valence-corrected chi connectivity index (χ3v) is 7.68. The maximum Gasteiger partial charge on any atom is 0.341 e. The molecule has 32 heavy (non-hydrogen) atoms. The van der Waals surface area contributed by atoms with Gasteiger partial charge in [-0.2, -0.15) is 0 Å². The zero-order valence-corrected chi connectivity index (χ0v) is 20.3. The Morgan fingerprint density at radius 2 is 1.84 bits per heavy atom. The molecule has 174 valence electrons. The molecule has 1 unspecified atom stereocenters. The van der Waals surface area contributed by atoms with Gasteiger partial charge in [-0.3, -0.25) is 9.10 Å². The van der Waals surface area contributed by atoms with Crippen LogP contribution in [0.5, 0.6) is 5.75 Å². The van der Waals surface area contributed by atoms with E-state index in [9.17, 15) is 18.0 Å². The molecule has 1 N–H and O–H groups in total.